The summed E-state index contributed by atoms with van der Waals surface area (Å²) >= 11 is 5.92. The van der Waals surface area contributed by atoms with E-state index in [0.29, 0.717) is 29.5 Å². The number of hydrogen-bond donors (Lipinski definition) is 0. The van der Waals surface area contributed by atoms with Gasteiger partial charge in [-0.1, -0.05) is 29.8 Å². The number of amides is 1. The summed E-state index contributed by atoms with van der Waals surface area (Å²) in [5, 5.41) is 0.682. The SMILES string of the molecule is O=C(CCc1ncc(-c2ccc(Cl)cc2)o1)N1CCN(c2ccccc2)CC1. The molecule has 1 aliphatic rings. The lowest BCUT2D eigenvalue weighted by Gasteiger charge is -2.36. The second-order valence-corrected chi connectivity index (χ2v) is 7.26. The predicted octanol–water partition coefficient (Wildman–Crippen LogP) is 4.28. The lowest BCUT2D eigenvalue weighted by Crippen LogP contribution is -2.48. The van der Waals surface area contributed by atoms with Gasteiger partial charge in [0.05, 0.1) is 6.20 Å². The topological polar surface area (TPSA) is 49.6 Å². The summed E-state index contributed by atoms with van der Waals surface area (Å²) in [5.41, 5.74) is 2.13. The zero-order valence-corrected chi connectivity index (χ0v) is 16.3. The molecule has 2 aromatic carbocycles. The van der Waals surface area contributed by atoms with Gasteiger partial charge in [-0.3, -0.25) is 4.79 Å². The predicted molar refractivity (Wildman–Crippen MR) is 111 cm³/mol. The number of para-hydroxylation sites is 1. The standard InChI is InChI=1S/C22H22ClN3O2/c23-18-8-6-17(7-9-18)20-16-24-21(28-20)10-11-22(27)26-14-12-25(13-15-26)19-4-2-1-3-5-19/h1-9,16H,10-15H2. The second kappa shape index (κ2) is 8.48. The second-order valence-electron chi connectivity index (χ2n) is 6.83. The average molecular weight is 396 g/mol. The molecular weight excluding hydrogens is 374 g/mol. The highest BCUT2D eigenvalue weighted by molar-refractivity contribution is 6.30. The van der Waals surface area contributed by atoms with E-state index in [4.69, 9.17) is 16.0 Å². The molecule has 0 aliphatic carbocycles. The molecule has 28 heavy (non-hydrogen) atoms. The summed E-state index contributed by atoms with van der Waals surface area (Å²) in [6, 6.07) is 17.7. The first kappa shape index (κ1) is 18.6. The van der Waals surface area contributed by atoms with E-state index in [1.807, 2.05) is 47.4 Å². The molecule has 1 fully saturated rings. The Bertz CT molecular complexity index is 916. The molecule has 5 nitrogen and oxygen atoms in total. The van der Waals surface area contributed by atoms with Crippen LogP contribution < -0.4 is 4.90 Å². The molecule has 1 amide bonds. The summed E-state index contributed by atoms with van der Waals surface area (Å²) in [6.45, 7) is 3.20. The molecule has 0 saturated carbocycles. The third-order valence-electron chi connectivity index (χ3n) is 4.99. The third-order valence-corrected chi connectivity index (χ3v) is 5.24. The van der Waals surface area contributed by atoms with Crippen LogP contribution in [0.2, 0.25) is 5.02 Å². The van der Waals surface area contributed by atoms with Crippen LogP contribution in [0, 0.1) is 0 Å². The van der Waals surface area contributed by atoms with Gasteiger partial charge in [-0.2, -0.15) is 0 Å². The largest absolute Gasteiger partial charge is 0.441 e. The zero-order valence-electron chi connectivity index (χ0n) is 15.6. The molecule has 0 bridgehead atoms. The van der Waals surface area contributed by atoms with Crippen LogP contribution in [0.25, 0.3) is 11.3 Å². The van der Waals surface area contributed by atoms with Gasteiger partial charge >= 0.3 is 0 Å². The Balaban J connectivity index is 1.28. The van der Waals surface area contributed by atoms with Crippen LogP contribution in [0.5, 0.6) is 0 Å². The molecule has 1 saturated heterocycles. The molecule has 4 rings (SSSR count). The molecule has 0 radical (unpaired) electrons. The maximum atomic E-state index is 12.6. The number of nitrogens with zero attached hydrogens (tertiary/aromatic N) is 3. The Kier molecular flexibility index (Phi) is 5.63. The van der Waals surface area contributed by atoms with Gasteiger partial charge in [-0.25, -0.2) is 4.98 Å². The van der Waals surface area contributed by atoms with E-state index in [1.54, 1.807) is 6.20 Å². The van der Waals surface area contributed by atoms with Crippen molar-refractivity contribution in [2.75, 3.05) is 31.1 Å². The summed E-state index contributed by atoms with van der Waals surface area (Å²) in [4.78, 5) is 21.1. The van der Waals surface area contributed by atoms with Crippen molar-refractivity contribution in [3.05, 3.63) is 71.7 Å². The number of piperazine rings is 1. The molecule has 0 unspecified atom stereocenters. The van der Waals surface area contributed by atoms with E-state index < -0.39 is 0 Å². The van der Waals surface area contributed by atoms with Gasteiger partial charge in [0.15, 0.2) is 11.7 Å². The number of hydrogen-bond acceptors (Lipinski definition) is 4. The van der Waals surface area contributed by atoms with E-state index in [1.165, 1.54) is 5.69 Å². The molecule has 6 heteroatoms. The summed E-state index contributed by atoms with van der Waals surface area (Å²) in [6.07, 6.45) is 2.61. The molecule has 1 aromatic heterocycles. The van der Waals surface area contributed by atoms with E-state index in [9.17, 15) is 4.79 Å². The summed E-state index contributed by atoms with van der Waals surface area (Å²) < 4.78 is 5.79. The van der Waals surface area contributed by atoms with Crippen LogP contribution in [-0.2, 0) is 11.2 Å². The fourth-order valence-electron chi connectivity index (χ4n) is 3.40. The molecule has 0 N–H and O–H groups in total. The lowest BCUT2D eigenvalue weighted by atomic mass is 10.2. The molecular formula is C22H22ClN3O2. The monoisotopic (exact) mass is 395 g/mol. The Labute approximate surface area is 169 Å². The quantitative estimate of drug-likeness (QED) is 0.647. The molecule has 2 heterocycles. The lowest BCUT2D eigenvalue weighted by molar-refractivity contribution is -0.131. The van der Waals surface area contributed by atoms with Crippen LogP contribution in [0.15, 0.2) is 65.2 Å². The van der Waals surface area contributed by atoms with Crippen LogP contribution in [0.1, 0.15) is 12.3 Å². The first-order valence-electron chi connectivity index (χ1n) is 9.47. The van der Waals surface area contributed by atoms with Gasteiger partial charge in [-0.15, -0.1) is 0 Å². The molecule has 0 atom stereocenters. The normalized spacial score (nSPS) is 14.3. The van der Waals surface area contributed by atoms with Crippen molar-refractivity contribution in [3.8, 4) is 11.3 Å². The fraction of sp³-hybridized carbons (Fsp3) is 0.273. The molecule has 3 aromatic rings. The first-order chi connectivity index (χ1) is 13.7. The Morgan fingerprint density at radius 2 is 1.71 bits per heavy atom. The van der Waals surface area contributed by atoms with Crippen molar-refractivity contribution in [2.45, 2.75) is 12.8 Å². The Morgan fingerprint density at radius 1 is 1.00 bits per heavy atom. The van der Waals surface area contributed by atoms with Crippen molar-refractivity contribution >= 4 is 23.2 Å². The molecule has 1 aliphatic heterocycles. The number of oxazole rings is 1. The van der Waals surface area contributed by atoms with Gasteiger partial charge < -0.3 is 14.2 Å². The van der Waals surface area contributed by atoms with Gasteiger partial charge in [0.25, 0.3) is 0 Å². The highest BCUT2D eigenvalue weighted by atomic mass is 35.5. The van der Waals surface area contributed by atoms with Crippen molar-refractivity contribution in [1.29, 1.82) is 0 Å². The number of rotatable bonds is 5. The minimum Gasteiger partial charge on any atom is -0.441 e. The summed E-state index contributed by atoms with van der Waals surface area (Å²) in [5.74, 6) is 1.43. The minimum atomic E-state index is 0.152. The highest BCUT2D eigenvalue weighted by Crippen LogP contribution is 2.23. The van der Waals surface area contributed by atoms with Crippen molar-refractivity contribution in [3.63, 3.8) is 0 Å². The van der Waals surface area contributed by atoms with E-state index >= 15 is 0 Å². The number of aromatic nitrogens is 1. The van der Waals surface area contributed by atoms with Crippen LogP contribution in [-0.4, -0.2) is 42.0 Å². The van der Waals surface area contributed by atoms with E-state index in [2.05, 4.69) is 22.0 Å². The number of benzene rings is 2. The van der Waals surface area contributed by atoms with Crippen molar-refractivity contribution < 1.29 is 9.21 Å². The van der Waals surface area contributed by atoms with Gasteiger partial charge in [-0.05, 0) is 36.4 Å². The average Bonchev–Trinajstić information content (AvgIpc) is 3.22. The number of carbonyl (C=O) groups excluding carboxylic acids is 1. The number of carbonyl (C=O) groups is 1. The van der Waals surface area contributed by atoms with E-state index in [0.717, 1.165) is 31.7 Å². The van der Waals surface area contributed by atoms with Crippen molar-refractivity contribution in [2.24, 2.45) is 0 Å². The van der Waals surface area contributed by atoms with Crippen LogP contribution >= 0.6 is 11.6 Å². The van der Waals surface area contributed by atoms with Crippen LogP contribution in [0.4, 0.5) is 5.69 Å². The number of aryl methyl sites for hydroxylation is 1. The maximum absolute atomic E-state index is 12.6. The van der Waals surface area contributed by atoms with E-state index in [-0.39, 0.29) is 5.91 Å². The first-order valence-corrected chi connectivity index (χ1v) is 9.85. The smallest absolute Gasteiger partial charge is 0.223 e. The minimum absolute atomic E-state index is 0.152. The molecule has 144 valence electrons. The van der Waals surface area contributed by atoms with Crippen LogP contribution in [0.3, 0.4) is 0 Å². The zero-order chi connectivity index (χ0) is 19.3. The van der Waals surface area contributed by atoms with Crippen molar-refractivity contribution in [1.82, 2.24) is 9.88 Å². The van der Waals surface area contributed by atoms with Gasteiger partial charge in [0.1, 0.15) is 0 Å². The Hall–Kier alpha value is -2.79. The number of anilines is 1. The number of halogens is 1. The highest BCUT2D eigenvalue weighted by Gasteiger charge is 2.21. The van der Waals surface area contributed by atoms with Gasteiger partial charge in [0.2, 0.25) is 5.91 Å². The maximum Gasteiger partial charge on any atom is 0.223 e. The Morgan fingerprint density at radius 3 is 2.43 bits per heavy atom. The third kappa shape index (κ3) is 4.37. The summed E-state index contributed by atoms with van der Waals surface area (Å²) in [7, 11) is 0. The molecule has 0 spiro atoms. The van der Waals surface area contributed by atoms with Gasteiger partial charge in [0, 0.05) is 55.3 Å². The fourth-order valence-corrected chi connectivity index (χ4v) is 3.52.